The molecule has 1 fully saturated rings. The van der Waals surface area contributed by atoms with Gasteiger partial charge in [0.1, 0.15) is 0 Å². The first-order chi connectivity index (χ1) is 17.7. The van der Waals surface area contributed by atoms with Gasteiger partial charge in [-0.05, 0) is 43.7 Å². The highest BCUT2D eigenvalue weighted by Gasteiger charge is 2.23. The van der Waals surface area contributed by atoms with Gasteiger partial charge in [-0.2, -0.15) is 5.10 Å². The zero-order valence-corrected chi connectivity index (χ0v) is 20.8. The molecule has 0 bridgehead atoms. The molecule has 1 saturated heterocycles. The SMILES string of the molecule is CN(CC(=O)NCC1CCN(c2ccccc2)C1)Cc1cn(-c2ccccc2)nc1-c1ccccc1. The van der Waals surface area contributed by atoms with E-state index in [9.17, 15) is 4.79 Å². The molecule has 5 rings (SSSR count). The molecule has 184 valence electrons. The number of aromatic nitrogens is 2. The summed E-state index contributed by atoms with van der Waals surface area (Å²) < 4.78 is 1.92. The van der Waals surface area contributed by atoms with Crippen LogP contribution in [0.1, 0.15) is 12.0 Å². The minimum atomic E-state index is 0.0624. The molecule has 0 spiro atoms. The van der Waals surface area contributed by atoms with Crippen LogP contribution in [-0.4, -0.2) is 53.8 Å². The fourth-order valence-corrected chi connectivity index (χ4v) is 4.86. The molecular weight excluding hydrogens is 446 g/mol. The van der Waals surface area contributed by atoms with E-state index in [0.717, 1.165) is 48.6 Å². The van der Waals surface area contributed by atoms with Gasteiger partial charge in [-0.3, -0.25) is 9.69 Å². The summed E-state index contributed by atoms with van der Waals surface area (Å²) in [6.07, 6.45) is 3.17. The smallest absolute Gasteiger partial charge is 0.234 e. The maximum Gasteiger partial charge on any atom is 0.234 e. The summed E-state index contributed by atoms with van der Waals surface area (Å²) in [5.41, 5.74) is 5.39. The first-order valence-corrected chi connectivity index (χ1v) is 12.6. The number of carbonyl (C=O) groups excluding carboxylic acids is 1. The summed E-state index contributed by atoms with van der Waals surface area (Å²) in [6, 6.07) is 30.8. The van der Waals surface area contributed by atoms with Gasteiger partial charge in [-0.15, -0.1) is 0 Å². The lowest BCUT2D eigenvalue weighted by atomic mass is 10.1. The molecule has 1 aliphatic rings. The Morgan fingerprint density at radius 1 is 0.944 bits per heavy atom. The second-order valence-electron chi connectivity index (χ2n) is 9.56. The van der Waals surface area contributed by atoms with Crippen LogP contribution in [0.2, 0.25) is 0 Å². The van der Waals surface area contributed by atoms with Crippen molar-refractivity contribution in [3.63, 3.8) is 0 Å². The molecule has 1 atom stereocenters. The average molecular weight is 480 g/mol. The third-order valence-electron chi connectivity index (χ3n) is 6.71. The fourth-order valence-electron chi connectivity index (χ4n) is 4.86. The van der Waals surface area contributed by atoms with Gasteiger partial charge in [-0.25, -0.2) is 4.68 Å². The van der Waals surface area contributed by atoms with Crippen molar-refractivity contribution in [2.24, 2.45) is 5.92 Å². The van der Waals surface area contributed by atoms with E-state index in [4.69, 9.17) is 5.10 Å². The summed E-state index contributed by atoms with van der Waals surface area (Å²) in [6.45, 7) is 3.73. The Labute approximate surface area is 213 Å². The normalized spacial score (nSPS) is 15.4. The van der Waals surface area contributed by atoms with Gasteiger partial charge in [0.25, 0.3) is 0 Å². The van der Waals surface area contributed by atoms with Gasteiger partial charge in [0.05, 0.1) is 17.9 Å². The number of amides is 1. The molecule has 0 radical (unpaired) electrons. The van der Waals surface area contributed by atoms with E-state index in [1.165, 1.54) is 5.69 Å². The predicted molar refractivity (Wildman–Crippen MR) is 145 cm³/mol. The monoisotopic (exact) mass is 479 g/mol. The van der Waals surface area contributed by atoms with Crippen LogP contribution in [0, 0.1) is 5.92 Å². The van der Waals surface area contributed by atoms with Crippen molar-refractivity contribution in [1.29, 1.82) is 0 Å². The number of likely N-dealkylation sites (N-methyl/N-ethyl adjacent to an activating group) is 1. The van der Waals surface area contributed by atoms with Gasteiger partial charge in [0.2, 0.25) is 5.91 Å². The van der Waals surface area contributed by atoms with E-state index in [1.54, 1.807) is 0 Å². The number of nitrogens with one attached hydrogen (secondary N) is 1. The molecule has 1 amide bonds. The van der Waals surface area contributed by atoms with E-state index in [-0.39, 0.29) is 5.91 Å². The molecule has 6 nitrogen and oxygen atoms in total. The molecule has 36 heavy (non-hydrogen) atoms. The zero-order chi connectivity index (χ0) is 24.7. The Morgan fingerprint density at radius 2 is 1.58 bits per heavy atom. The van der Waals surface area contributed by atoms with Crippen LogP contribution in [0.3, 0.4) is 0 Å². The number of hydrogen-bond acceptors (Lipinski definition) is 4. The van der Waals surface area contributed by atoms with Crippen LogP contribution < -0.4 is 10.2 Å². The highest BCUT2D eigenvalue weighted by Crippen LogP contribution is 2.25. The first kappa shape index (κ1) is 23.8. The number of anilines is 1. The number of benzene rings is 3. The van der Waals surface area contributed by atoms with Gasteiger partial charge in [0.15, 0.2) is 0 Å². The standard InChI is InChI=1S/C30H33N5O/c1-33(23-29(36)31-19-24-17-18-34(20-24)27-13-7-3-8-14-27)21-26-22-35(28-15-9-4-10-16-28)32-30(26)25-11-5-2-6-12-25/h2-16,22,24H,17-21,23H2,1H3,(H,31,36). The molecule has 2 heterocycles. The molecule has 0 saturated carbocycles. The van der Waals surface area contributed by atoms with Crippen molar-refractivity contribution in [2.45, 2.75) is 13.0 Å². The summed E-state index contributed by atoms with van der Waals surface area (Å²) in [4.78, 5) is 17.2. The number of nitrogens with zero attached hydrogens (tertiary/aromatic N) is 4. The molecule has 4 aromatic rings. The number of para-hydroxylation sites is 2. The summed E-state index contributed by atoms with van der Waals surface area (Å²) in [7, 11) is 1.99. The molecule has 1 unspecified atom stereocenters. The first-order valence-electron chi connectivity index (χ1n) is 12.6. The molecule has 0 aliphatic carbocycles. The van der Waals surface area contributed by atoms with E-state index in [1.807, 2.05) is 66.3 Å². The lowest BCUT2D eigenvalue weighted by molar-refractivity contribution is -0.122. The molecule has 1 aliphatic heterocycles. The maximum absolute atomic E-state index is 12.7. The summed E-state index contributed by atoms with van der Waals surface area (Å²) in [5.74, 6) is 0.542. The third kappa shape index (κ3) is 5.83. The van der Waals surface area contributed by atoms with Crippen molar-refractivity contribution in [2.75, 3.05) is 38.1 Å². The van der Waals surface area contributed by atoms with Crippen LogP contribution in [0.5, 0.6) is 0 Å². The van der Waals surface area contributed by atoms with Crippen LogP contribution in [0.15, 0.2) is 97.2 Å². The van der Waals surface area contributed by atoms with Crippen molar-refractivity contribution < 1.29 is 4.79 Å². The lowest BCUT2D eigenvalue weighted by Crippen LogP contribution is -2.37. The highest BCUT2D eigenvalue weighted by molar-refractivity contribution is 5.78. The van der Waals surface area contributed by atoms with Gasteiger partial charge in [0, 0.05) is 49.2 Å². The van der Waals surface area contributed by atoms with E-state index in [0.29, 0.717) is 19.0 Å². The fraction of sp³-hybridized carbons (Fsp3) is 0.267. The van der Waals surface area contributed by atoms with Crippen molar-refractivity contribution in [1.82, 2.24) is 20.0 Å². The van der Waals surface area contributed by atoms with Crippen LogP contribution in [0.4, 0.5) is 5.69 Å². The zero-order valence-electron chi connectivity index (χ0n) is 20.8. The van der Waals surface area contributed by atoms with Gasteiger partial charge >= 0.3 is 0 Å². The van der Waals surface area contributed by atoms with Crippen LogP contribution in [0.25, 0.3) is 16.9 Å². The van der Waals surface area contributed by atoms with Crippen LogP contribution in [-0.2, 0) is 11.3 Å². The van der Waals surface area contributed by atoms with E-state index >= 15 is 0 Å². The number of carbonyl (C=O) groups is 1. The van der Waals surface area contributed by atoms with E-state index < -0.39 is 0 Å². The molecular formula is C30H33N5O. The van der Waals surface area contributed by atoms with Crippen molar-refractivity contribution in [3.05, 3.63) is 103 Å². The van der Waals surface area contributed by atoms with Crippen molar-refractivity contribution >= 4 is 11.6 Å². The largest absolute Gasteiger partial charge is 0.371 e. The van der Waals surface area contributed by atoms with Gasteiger partial charge in [-0.1, -0.05) is 66.7 Å². The molecule has 1 aromatic heterocycles. The summed E-state index contributed by atoms with van der Waals surface area (Å²) in [5, 5.41) is 8.05. The predicted octanol–water partition coefficient (Wildman–Crippen LogP) is 4.61. The minimum absolute atomic E-state index is 0.0624. The quantitative estimate of drug-likeness (QED) is 0.381. The van der Waals surface area contributed by atoms with Crippen molar-refractivity contribution in [3.8, 4) is 16.9 Å². The molecule has 3 aromatic carbocycles. The van der Waals surface area contributed by atoms with Crippen LogP contribution >= 0.6 is 0 Å². The Kier molecular flexibility index (Phi) is 7.43. The topological polar surface area (TPSA) is 53.4 Å². The Hall–Kier alpha value is -3.90. The maximum atomic E-state index is 12.7. The highest BCUT2D eigenvalue weighted by atomic mass is 16.2. The second kappa shape index (κ2) is 11.2. The second-order valence-corrected chi connectivity index (χ2v) is 9.56. The Bertz CT molecular complexity index is 1260. The van der Waals surface area contributed by atoms with E-state index in [2.05, 4.69) is 57.7 Å². The lowest BCUT2D eigenvalue weighted by Gasteiger charge is -2.19. The minimum Gasteiger partial charge on any atom is -0.371 e. The summed E-state index contributed by atoms with van der Waals surface area (Å²) >= 11 is 0. The Morgan fingerprint density at radius 3 is 2.28 bits per heavy atom. The molecule has 6 heteroatoms. The number of hydrogen-bond donors (Lipinski definition) is 1. The third-order valence-corrected chi connectivity index (χ3v) is 6.71. The molecule has 1 N–H and O–H groups in total. The van der Waals surface area contributed by atoms with Gasteiger partial charge < -0.3 is 10.2 Å². The number of rotatable bonds is 9. The average Bonchev–Trinajstić information content (AvgIpc) is 3.57. The Balaban J connectivity index is 1.18.